The molecule has 0 aliphatic heterocycles. The maximum atomic E-state index is 10.2. The summed E-state index contributed by atoms with van der Waals surface area (Å²) in [5, 5.41) is 24.5. The van der Waals surface area contributed by atoms with Crippen molar-refractivity contribution in [3.63, 3.8) is 0 Å². The molecule has 0 amide bonds. The number of benzene rings is 8. The summed E-state index contributed by atoms with van der Waals surface area (Å²) in [6.07, 6.45) is 0. The Labute approximate surface area is 334 Å². The standard InChI is InChI=1S/C52H28N6/c1-55-45-17-9-15-39(31-53)51(45)57-47-23-19-35(33-11-5-3-6-12-33)27-41(47)43-29-37(21-25-49(43)57)38-22-26-50-44(30-38)42-28-36(34-13-7-4-8-14-34)20-24-48(42)58(50)52-40(32-54)16-10-18-46(52)56-2/h3-30H. The first-order valence-corrected chi connectivity index (χ1v) is 18.7. The van der Waals surface area contributed by atoms with E-state index in [1.54, 1.807) is 36.4 Å². The normalized spacial score (nSPS) is 11.0. The highest BCUT2D eigenvalue weighted by atomic mass is 15.0. The predicted octanol–water partition coefficient (Wildman–Crippen LogP) is 13.7. The van der Waals surface area contributed by atoms with E-state index >= 15 is 0 Å². The number of nitrogens with zero attached hydrogens (tertiary/aromatic N) is 6. The fraction of sp³-hybridized carbons (Fsp3) is 0. The molecule has 6 nitrogen and oxygen atoms in total. The lowest BCUT2D eigenvalue weighted by Crippen LogP contribution is -1.98. The van der Waals surface area contributed by atoms with Crippen molar-refractivity contribution in [2.45, 2.75) is 0 Å². The Bertz CT molecular complexity index is 3190. The van der Waals surface area contributed by atoms with Crippen LogP contribution in [0.5, 0.6) is 0 Å². The van der Waals surface area contributed by atoms with Gasteiger partial charge in [0.05, 0.1) is 69.9 Å². The van der Waals surface area contributed by atoms with Gasteiger partial charge in [0.1, 0.15) is 0 Å². The Hall–Kier alpha value is -8.68. The molecule has 2 aromatic heterocycles. The van der Waals surface area contributed by atoms with Gasteiger partial charge in [-0.2, -0.15) is 10.5 Å². The summed E-state index contributed by atoms with van der Waals surface area (Å²) in [5.74, 6) is 0. The maximum Gasteiger partial charge on any atom is 0.211 e. The zero-order valence-electron chi connectivity index (χ0n) is 30.8. The lowest BCUT2D eigenvalue weighted by molar-refractivity contribution is 1.17. The molecule has 0 fully saturated rings. The number of hydrogen-bond donors (Lipinski definition) is 0. The molecule has 0 radical (unpaired) electrons. The Kier molecular flexibility index (Phi) is 7.92. The highest BCUT2D eigenvalue weighted by molar-refractivity contribution is 6.14. The van der Waals surface area contributed by atoms with E-state index in [0.717, 1.165) is 77.0 Å². The smallest absolute Gasteiger partial charge is 0.211 e. The van der Waals surface area contributed by atoms with Gasteiger partial charge in [0, 0.05) is 21.5 Å². The Morgan fingerprint density at radius 1 is 0.362 bits per heavy atom. The summed E-state index contributed by atoms with van der Waals surface area (Å²) in [4.78, 5) is 7.69. The number of nitriles is 2. The highest BCUT2D eigenvalue weighted by Crippen LogP contribution is 2.43. The summed E-state index contributed by atoms with van der Waals surface area (Å²) >= 11 is 0. The molecular weight excluding hydrogens is 709 g/mol. The molecule has 10 rings (SSSR count). The van der Waals surface area contributed by atoms with Crippen LogP contribution in [0.25, 0.3) is 98.1 Å². The van der Waals surface area contributed by atoms with Gasteiger partial charge in [-0.25, -0.2) is 9.69 Å². The van der Waals surface area contributed by atoms with E-state index in [0.29, 0.717) is 33.9 Å². The molecule has 0 unspecified atom stereocenters. The molecule has 6 heteroatoms. The van der Waals surface area contributed by atoms with Crippen LogP contribution >= 0.6 is 0 Å². The number of hydrogen-bond acceptors (Lipinski definition) is 2. The van der Waals surface area contributed by atoms with Gasteiger partial charge in [-0.15, -0.1) is 0 Å². The second kappa shape index (κ2) is 13.6. The van der Waals surface area contributed by atoms with Gasteiger partial charge in [-0.1, -0.05) is 109 Å². The number of para-hydroxylation sites is 2. The molecule has 0 spiro atoms. The van der Waals surface area contributed by atoms with Crippen LogP contribution in [0.2, 0.25) is 0 Å². The zero-order valence-corrected chi connectivity index (χ0v) is 30.8. The molecule has 0 N–H and O–H groups in total. The number of fused-ring (bicyclic) bond motifs is 6. The molecular formula is C52H28N6. The van der Waals surface area contributed by atoms with Gasteiger partial charge >= 0.3 is 0 Å². The van der Waals surface area contributed by atoms with E-state index in [4.69, 9.17) is 13.1 Å². The summed E-state index contributed by atoms with van der Waals surface area (Å²) in [7, 11) is 0. The van der Waals surface area contributed by atoms with Crippen molar-refractivity contribution < 1.29 is 0 Å². The molecule has 0 aliphatic carbocycles. The van der Waals surface area contributed by atoms with Crippen LogP contribution in [0.1, 0.15) is 11.1 Å². The van der Waals surface area contributed by atoms with Gasteiger partial charge in [-0.3, -0.25) is 0 Å². The third kappa shape index (κ3) is 5.23. The zero-order chi connectivity index (χ0) is 39.3. The van der Waals surface area contributed by atoms with Crippen molar-refractivity contribution in [3.05, 3.63) is 204 Å². The van der Waals surface area contributed by atoms with Crippen LogP contribution in [0, 0.1) is 35.8 Å². The Balaban J connectivity index is 1.25. The fourth-order valence-corrected chi connectivity index (χ4v) is 8.40. The molecule has 266 valence electrons. The minimum Gasteiger partial charge on any atom is -0.318 e. The lowest BCUT2D eigenvalue weighted by Gasteiger charge is -2.13. The topological polar surface area (TPSA) is 66.2 Å². The van der Waals surface area contributed by atoms with Gasteiger partial charge in [0.25, 0.3) is 0 Å². The van der Waals surface area contributed by atoms with Crippen molar-refractivity contribution in [2.24, 2.45) is 0 Å². The third-order valence-electron chi connectivity index (χ3n) is 11.0. The minimum absolute atomic E-state index is 0.408. The molecule has 58 heavy (non-hydrogen) atoms. The fourth-order valence-electron chi connectivity index (χ4n) is 8.40. The summed E-state index contributed by atoms with van der Waals surface area (Å²) in [6, 6.07) is 61.3. The molecule has 0 aliphatic rings. The number of rotatable bonds is 5. The van der Waals surface area contributed by atoms with Crippen molar-refractivity contribution in [1.29, 1.82) is 10.5 Å². The maximum absolute atomic E-state index is 10.2. The molecule has 0 saturated carbocycles. The summed E-state index contributed by atoms with van der Waals surface area (Å²) < 4.78 is 4.11. The van der Waals surface area contributed by atoms with Gasteiger partial charge < -0.3 is 9.13 Å². The van der Waals surface area contributed by atoms with Crippen LogP contribution in [-0.2, 0) is 0 Å². The second-order valence-electron chi connectivity index (χ2n) is 14.1. The van der Waals surface area contributed by atoms with E-state index in [2.05, 4.69) is 128 Å². The molecule has 0 bridgehead atoms. The first-order valence-electron chi connectivity index (χ1n) is 18.7. The quantitative estimate of drug-likeness (QED) is 0.165. The molecule has 2 heterocycles. The van der Waals surface area contributed by atoms with Crippen LogP contribution in [-0.4, -0.2) is 9.13 Å². The van der Waals surface area contributed by atoms with Gasteiger partial charge in [-0.05, 0) is 94.0 Å². The first-order chi connectivity index (χ1) is 28.6. The van der Waals surface area contributed by atoms with Crippen LogP contribution < -0.4 is 0 Å². The van der Waals surface area contributed by atoms with E-state index in [1.807, 2.05) is 36.4 Å². The molecule has 0 atom stereocenters. The molecule has 8 aromatic carbocycles. The lowest BCUT2D eigenvalue weighted by atomic mass is 9.98. The van der Waals surface area contributed by atoms with Crippen LogP contribution in [0.15, 0.2) is 170 Å². The second-order valence-corrected chi connectivity index (χ2v) is 14.1. The average Bonchev–Trinajstić information content (AvgIpc) is 3.79. The largest absolute Gasteiger partial charge is 0.318 e. The van der Waals surface area contributed by atoms with Crippen molar-refractivity contribution >= 4 is 55.0 Å². The van der Waals surface area contributed by atoms with Gasteiger partial charge in [0.15, 0.2) is 0 Å². The first kappa shape index (κ1) is 33.9. The van der Waals surface area contributed by atoms with E-state index < -0.39 is 0 Å². The average molecular weight is 737 g/mol. The SMILES string of the molecule is [C-]#[N+]c1cccc(C#N)c1-n1c2ccc(-c3ccccc3)cc2c2cc(-c3ccc4c(c3)c3cc(-c5ccccc5)ccc3n4-c3c(C#N)cccc3[N+]#[C-])ccc21. The number of aromatic nitrogens is 2. The summed E-state index contributed by atoms with van der Waals surface area (Å²) in [6.45, 7) is 16.1. The Morgan fingerprint density at radius 3 is 1.00 bits per heavy atom. The van der Waals surface area contributed by atoms with E-state index in [9.17, 15) is 10.5 Å². The van der Waals surface area contributed by atoms with Crippen LogP contribution in [0.4, 0.5) is 11.4 Å². The van der Waals surface area contributed by atoms with E-state index in [1.165, 1.54) is 0 Å². The summed E-state index contributed by atoms with van der Waals surface area (Å²) in [5.41, 5.74) is 12.7. The Morgan fingerprint density at radius 2 is 0.690 bits per heavy atom. The van der Waals surface area contributed by atoms with E-state index in [-0.39, 0.29) is 0 Å². The molecule has 0 saturated heterocycles. The minimum atomic E-state index is 0.408. The molecule has 10 aromatic rings. The van der Waals surface area contributed by atoms with Gasteiger partial charge in [0.2, 0.25) is 11.4 Å². The van der Waals surface area contributed by atoms with Crippen LogP contribution in [0.3, 0.4) is 0 Å². The predicted molar refractivity (Wildman–Crippen MR) is 233 cm³/mol. The van der Waals surface area contributed by atoms with Crippen molar-refractivity contribution in [2.75, 3.05) is 0 Å². The third-order valence-corrected chi connectivity index (χ3v) is 11.0. The highest BCUT2D eigenvalue weighted by Gasteiger charge is 2.22. The van der Waals surface area contributed by atoms with Crippen molar-refractivity contribution in [3.8, 4) is 56.9 Å². The monoisotopic (exact) mass is 736 g/mol. The van der Waals surface area contributed by atoms with Crippen molar-refractivity contribution in [1.82, 2.24) is 9.13 Å².